The maximum Gasteiger partial charge on any atom is 0.330 e. The molecule has 15 heavy (non-hydrogen) atoms. The van der Waals surface area contributed by atoms with Crippen LogP contribution in [0.25, 0.3) is 0 Å². The summed E-state index contributed by atoms with van der Waals surface area (Å²) in [5.74, 6) is -0.316. The highest BCUT2D eigenvalue weighted by Crippen LogP contribution is 2.12. The van der Waals surface area contributed by atoms with Crippen LogP contribution in [0.4, 0.5) is 0 Å². The Bertz CT molecular complexity index is 198. The quantitative estimate of drug-likeness (QED) is 0.141. The number of ether oxygens (including phenoxy) is 1. The lowest BCUT2D eigenvalue weighted by Gasteiger charge is -2.11. The summed E-state index contributed by atoms with van der Waals surface area (Å²) < 4.78 is 5.83. The van der Waals surface area contributed by atoms with Gasteiger partial charge in [0.2, 0.25) is 0 Å². The molecule has 0 aromatic rings. The van der Waals surface area contributed by atoms with Crippen molar-refractivity contribution in [2.24, 2.45) is 0 Å². The second-order valence-electron chi connectivity index (χ2n) is 3.20. The number of unbranched alkanes of at least 4 members (excludes halogenated alkanes) is 1. The molecule has 0 bridgehead atoms. The third-order valence-corrected chi connectivity index (χ3v) is 5.41. The Labute approximate surface area is 122 Å². The molecule has 0 aliphatic rings. The summed E-state index contributed by atoms with van der Waals surface area (Å²) in [5, 5.41) is 0. The number of hydrogen-bond donors (Lipinski definition) is 0. The first-order valence-electron chi connectivity index (χ1n) is 4.91. The van der Waals surface area contributed by atoms with Crippen LogP contribution in [0.2, 0.25) is 6.04 Å². The molecule has 1 atom stereocenters. The van der Waals surface area contributed by atoms with Gasteiger partial charge in [-0.1, -0.05) is 70.6 Å². The zero-order chi connectivity index (χ0) is 11.7. The lowest BCUT2D eigenvalue weighted by molar-refractivity contribution is -0.142. The highest BCUT2D eigenvalue weighted by Gasteiger charge is 2.06. The van der Waals surface area contributed by atoms with Gasteiger partial charge in [0, 0.05) is 6.08 Å². The number of carbonyl (C=O) groups is 1. The van der Waals surface area contributed by atoms with Crippen molar-refractivity contribution < 1.29 is 9.53 Å². The topological polar surface area (TPSA) is 26.3 Å². The second kappa shape index (κ2) is 10.1. The van der Waals surface area contributed by atoms with Gasteiger partial charge >= 0.3 is 5.97 Å². The first kappa shape index (κ1) is 15.9. The monoisotopic (exact) mass is 450 g/mol. The smallest absolute Gasteiger partial charge is 0.330 e. The van der Waals surface area contributed by atoms with Crippen molar-refractivity contribution in [1.82, 2.24) is 0 Å². The lowest BCUT2D eigenvalue weighted by Crippen LogP contribution is -2.12. The summed E-state index contributed by atoms with van der Waals surface area (Å²) in [6.45, 7) is 5.30. The molecule has 0 heterocycles. The van der Waals surface area contributed by atoms with Crippen molar-refractivity contribution in [1.29, 1.82) is 0 Å². The average molecular weight is 450 g/mol. The van der Waals surface area contributed by atoms with E-state index in [-0.39, 0.29) is 12.1 Å². The molecule has 0 aliphatic heterocycles. The van der Waals surface area contributed by atoms with Gasteiger partial charge in [0.25, 0.3) is 0 Å². The molecule has 0 N–H and O–H groups in total. The van der Waals surface area contributed by atoms with Gasteiger partial charge in [0.1, 0.15) is 0 Å². The van der Waals surface area contributed by atoms with Crippen LogP contribution >= 0.6 is 45.2 Å². The van der Waals surface area contributed by atoms with Gasteiger partial charge in [0.05, 0.1) is 17.2 Å². The highest BCUT2D eigenvalue weighted by atomic mass is 127. The Kier molecular flexibility index (Phi) is 10.7. The normalized spacial score (nSPS) is 12.5. The zero-order valence-corrected chi connectivity index (χ0v) is 14.2. The van der Waals surface area contributed by atoms with E-state index in [0.29, 0.717) is 0 Å². The van der Waals surface area contributed by atoms with E-state index in [2.05, 4.69) is 51.8 Å². The number of carbonyl (C=O) groups excluding carboxylic acids is 1. The molecule has 86 valence electrons. The predicted octanol–water partition coefficient (Wildman–Crippen LogP) is 3.55. The van der Waals surface area contributed by atoms with Gasteiger partial charge in [-0.3, -0.25) is 0 Å². The average Bonchev–Trinajstić information content (AvgIpc) is 2.16. The molecular weight excluding hydrogens is 434 g/mol. The molecule has 2 radical (unpaired) electrons. The number of rotatable bonds is 8. The molecule has 0 saturated carbocycles. The molecule has 0 rings (SSSR count). The number of alkyl halides is 2. The van der Waals surface area contributed by atoms with Gasteiger partial charge in [0.15, 0.2) is 0 Å². The molecule has 0 amide bonds. The van der Waals surface area contributed by atoms with E-state index < -0.39 is 0 Å². The van der Waals surface area contributed by atoms with Gasteiger partial charge in [-0.05, 0) is 13.3 Å². The second-order valence-corrected chi connectivity index (χ2v) is 11.9. The molecule has 1 unspecified atom stereocenters. The van der Waals surface area contributed by atoms with E-state index >= 15 is 0 Å². The van der Waals surface area contributed by atoms with Gasteiger partial charge in [-0.25, -0.2) is 4.79 Å². The fourth-order valence-corrected chi connectivity index (χ4v) is 3.61. The fourth-order valence-electron chi connectivity index (χ4n) is 1.07. The summed E-state index contributed by atoms with van der Waals surface area (Å²) >= 11 is 4.89. The van der Waals surface area contributed by atoms with E-state index in [1.807, 2.05) is 6.92 Å². The van der Waals surface area contributed by atoms with Crippen LogP contribution in [0.15, 0.2) is 12.7 Å². The summed E-state index contributed by atoms with van der Waals surface area (Å²) in [7, 11) is 1.04. The molecule has 0 aromatic heterocycles. The van der Waals surface area contributed by atoms with Gasteiger partial charge in [-0.15, -0.1) is 0 Å². The van der Waals surface area contributed by atoms with E-state index in [4.69, 9.17) is 4.74 Å². The third-order valence-electron chi connectivity index (χ3n) is 1.82. The van der Waals surface area contributed by atoms with E-state index in [9.17, 15) is 4.79 Å². The molecule has 5 heteroatoms. The predicted molar refractivity (Wildman–Crippen MR) is 82.0 cm³/mol. The zero-order valence-electron chi connectivity index (χ0n) is 8.84. The molecular formula is C10H16I2O2Si. The van der Waals surface area contributed by atoms with Crippen LogP contribution in [0.1, 0.15) is 26.2 Å². The van der Waals surface area contributed by atoms with E-state index in [1.54, 1.807) is 0 Å². The SMILES string of the molecule is C=CC(=O)OC(C)CCCC[Si]C(I)I. The van der Waals surface area contributed by atoms with Crippen LogP contribution in [0.5, 0.6) is 0 Å². The van der Waals surface area contributed by atoms with Crippen molar-refractivity contribution in [3.63, 3.8) is 0 Å². The maximum absolute atomic E-state index is 10.9. The molecule has 0 fully saturated rings. The maximum atomic E-state index is 10.9. The standard InChI is InChI=1S/C10H16I2O2Si/c1-3-9(13)14-8(2)6-4-5-7-15-10(11)12/h3,8,10H,1,4-7H2,2H3. The number of halogens is 2. The lowest BCUT2D eigenvalue weighted by atomic mass is 10.2. The van der Waals surface area contributed by atoms with E-state index in [0.717, 1.165) is 23.9 Å². The van der Waals surface area contributed by atoms with Crippen LogP contribution in [-0.4, -0.2) is 23.1 Å². The first-order valence-corrected chi connectivity index (χ1v) is 8.68. The minimum Gasteiger partial charge on any atom is -0.460 e. The van der Waals surface area contributed by atoms with Crippen LogP contribution < -0.4 is 0 Å². The summed E-state index contributed by atoms with van der Waals surface area (Å²) in [6.07, 6.45) is 4.57. The molecule has 2 nitrogen and oxygen atoms in total. The molecule has 0 spiro atoms. The third kappa shape index (κ3) is 11.2. The molecule has 0 aliphatic carbocycles. The summed E-state index contributed by atoms with van der Waals surface area (Å²) in [6, 6.07) is 1.29. The minimum atomic E-state index is -0.316. The van der Waals surface area contributed by atoms with Crippen molar-refractivity contribution >= 4 is 60.7 Å². The van der Waals surface area contributed by atoms with E-state index in [1.165, 1.54) is 18.5 Å². The van der Waals surface area contributed by atoms with Crippen molar-refractivity contribution in [3.05, 3.63) is 12.7 Å². The van der Waals surface area contributed by atoms with Crippen molar-refractivity contribution in [2.45, 2.75) is 39.9 Å². The van der Waals surface area contributed by atoms with Crippen molar-refractivity contribution in [2.75, 3.05) is 0 Å². The Morgan fingerprint density at radius 2 is 2.20 bits per heavy atom. The number of esters is 1. The van der Waals surface area contributed by atoms with Crippen LogP contribution in [0.3, 0.4) is 0 Å². The minimum absolute atomic E-state index is 0.0221. The largest absolute Gasteiger partial charge is 0.460 e. The molecule has 0 saturated heterocycles. The van der Waals surface area contributed by atoms with Gasteiger partial charge in [-0.2, -0.15) is 0 Å². The highest BCUT2D eigenvalue weighted by molar-refractivity contribution is 14.2. The Morgan fingerprint density at radius 1 is 1.53 bits per heavy atom. The first-order chi connectivity index (χ1) is 7.06. The van der Waals surface area contributed by atoms with Gasteiger partial charge < -0.3 is 4.74 Å². The van der Waals surface area contributed by atoms with Crippen molar-refractivity contribution in [3.8, 4) is 0 Å². The molecule has 0 aromatic carbocycles. The summed E-state index contributed by atoms with van der Waals surface area (Å²) in [4.78, 5) is 10.9. The number of hydrogen-bond acceptors (Lipinski definition) is 2. The Balaban J connectivity index is 3.35. The fraction of sp³-hybridized carbons (Fsp3) is 0.700. The summed E-state index contributed by atoms with van der Waals surface area (Å²) in [5.41, 5.74) is 0. The van der Waals surface area contributed by atoms with Crippen LogP contribution in [0, 0.1) is 0 Å². The Morgan fingerprint density at radius 3 is 2.73 bits per heavy atom. The van der Waals surface area contributed by atoms with Crippen LogP contribution in [-0.2, 0) is 9.53 Å². The Hall–Kier alpha value is 0.887.